The Morgan fingerprint density at radius 3 is 1.86 bits per heavy atom. The van der Waals surface area contributed by atoms with Gasteiger partial charge in [-0.2, -0.15) is 0 Å². The maximum Gasteiger partial charge on any atom is 0.121 e. The van der Waals surface area contributed by atoms with Crippen molar-refractivity contribution in [2.24, 2.45) is 17.2 Å². The topological polar surface area (TPSA) is 78.1 Å². The third-order valence-corrected chi connectivity index (χ3v) is 0.700. The standard InChI is InChI=1S/C3H7N3S/c4-1-2(5)3(6)7/h1H,4-5H2,(H2,6,7)/b2-1-. The molecule has 0 aliphatic rings. The van der Waals surface area contributed by atoms with E-state index in [0.717, 1.165) is 0 Å². The van der Waals surface area contributed by atoms with Gasteiger partial charge in [0.05, 0.1) is 5.70 Å². The molecule has 0 aromatic carbocycles. The zero-order valence-electron chi connectivity index (χ0n) is 3.72. The molecule has 6 N–H and O–H groups in total. The average molecular weight is 117 g/mol. The average Bonchev–Trinajstić information content (AvgIpc) is 1.65. The Morgan fingerprint density at radius 2 is 1.86 bits per heavy atom. The summed E-state index contributed by atoms with van der Waals surface area (Å²) in [5, 5.41) is 0. The van der Waals surface area contributed by atoms with E-state index in [2.05, 4.69) is 12.2 Å². The SMILES string of the molecule is N/C=C(\N)C(N)=S. The van der Waals surface area contributed by atoms with Gasteiger partial charge in [0, 0.05) is 6.20 Å². The molecule has 0 saturated carbocycles. The van der Waals surface area contributed by atoms with Crippen LogP contribution in [-0.4, -0.2) is 4.99 Å². The van der Waals surface area contributed by atoms with Gasteiger partial charge in [0.2, 0.25) is 0 Å². The van der Waals surface area contributed by atoms with Gasteiger partial charge in [-0.15, -0.1) is 0 Å². The van der Waals surface area contributed by atoms with E-state index in [1.165, 1.54) is 6.20 Å². The minimum absolute atomic E-state index is 0.141. The fraction of sp³-hybridized carbons (Fsp3) is 0. The van der Waals surface area contributed by atoms with Crippen LogP contribution in [-0.2, 0) is 0 Å². The van der Waals surface area contributed by atoms with Gasteiger partial charge in [-0.25, -0.2) is 0 Å². The predicted molar refractivity (Wildman–Crippen MR) is 33.2 cm³/mol. The first kappa shape index (κ1) is 6.23. The second kappa shape index (κ2) is 2.41. The summed E-state index contributed by atoms with van der Waals surface area (Å²) in [6, 6.07) is 0. The van der Waals surface area contributed by atoms with Crippen LogP contribution in [0.15, 0.2) is 11.9 Å². The monoisotopic (exact) mass is 117 g/mol. The largest absolute Gasteiger partial charge is 0.403 e. The van der Waals surface area contributed by atoms with E-state index in [1.54, 1.807) is 0 Å². The van der Waals surface area contributed by atoms with Crippen molar-refractivity contribution in [1.29, 1.82) is 0 Å². The lowest BCUT2D eigenvalue weighted by Gasteiger charge is -1.90. The Balaban J connectivity index is 3.82. The van der Waals surface area contributed by atoms with Crippen molar-refractivity contribution in [3.8, 4) is 0 Å². The summed E-state index contributed by atoms with van der Waals surface area (Å²) >= 11 is 4.42. The third-order valence-electron chi connectivity index (χ3n) is 0.464. The summed E-state index contributed by atoms with van der Waals surface area (Å²) in [4.78, 5) is 0.141. The fourth-order valence-corrected chi connectivity index (χ4v) is 0.150. The van der Waals surface area contributed by atoms with E-state index in [0.29, 0.717) is 0 Å². The van der Waals surface area contributed by atoms with Gasteiger partial charge in [0.25, 0.3) is 0 Å². The first-order valence-electron chi connectivity index (χ1n) is 1.65. The molecule has 0 aliphatic heterocycles. The Morgan fingerprint density at radius 1 is 1.43 bits per heavy atom. The quantitative estimate of drug-likeness (QED) is 0.305. The van der Waals surface area contributed by atoms with Crippen molar-refractivity contribution in [3.63, 3.8) is 0 Å². The molecule has 0 atom stereocenters. The molecule has 0 rings (SSSR count). The molecule has 0 aromatic heterocycles. The van der Waals surface area contributed by atoms with E-state index in [4.69, 9.17) is 17.2 Å². The molecule has 0 heterocycles. The molecule has 0 bridgehead atoms. The van der Waals surface area contributed by atoms with Crippen LogP contribution in [0.5, 0.6) is 0 Å². The lowest BCUT2D eigenvalue weighted by atomic mass is 10.5. The Labute approximate surface area is 47.2 Å². The van der Waals surface area contributed by atoms with E-state index >= 15 is 0 Å². The summed E-state index contributed by atoms with van der Waals surface area (Å²) in [5.41, 5.74) is 15.3. The molecule has 7 heavy (non-hydrogen) atoms. The van der Waals surface area contributed by atoms with Crippen LogP contribution in [0.2, 0.25) is 0 Å². The molecular formula is C3H7N3S. The Hall–Kier alpha value is -0.770. The first-order chi connectivity index (χ1) is 3.18. The molecule has 0 radical (unpaired) electrons. The lowest BCUT2D eigenvalue weighted by molar-refractivity contribution is 1.40. The summed E-state index contributed by atoms with van der Waals surface area (Å²) in [6.07, 6.45) is 1.17. The van der Waals surface area contributed by atoms with Crippen LogP contribution >= 0.6 is 12.2 Å². The first-order valence-corrected chi connectivity index (χ1v) is 2.06. The maximum absolute atomic E-state index is 5.09. The van der Waals surface area contributed by atoms with E-state index in [1.807, 2.05) is 0 Å². The van der Waals surface area contributed by atoms with Crippen molar-refractivity contribution < 1.29 is 0 Å². The summed E-state index contributed by atoms with van der Waals surface area (Å²) in [6.45, 7) is 0. The van der Waals surface area contributed by atoms with E-state index < -0.39 is 0 Å². The number of nitrogens with two attached hydrogens (primary N) is 3. The van der Waals surface area contributed by atoms with Crippen LogP contribution in [0.25, 0.3) is 0 Å². The Kier molecular flexibility index (Phi) is 2.15. The van der Waals surface area contributed by atoms with Crippen LogP contribution in [0, 0.1) is 0 Å². The molecule has 0 aliphatic carbocycles. The summed E-state index contributed by atoms with van der Waals surface area (Å²) in [5.74, 6) is 0. The van der Waals surface area contributed by atoms with Gasteiger partial charge in [-0.3, -0.25) is 0 Å². The van der Waals surface area contributed by atoms with Crippen molar-refractivity contribution in [2.75, 3.05) is 0 Å². The van der Waals surface area contributed by atoms with Gasteiger partial charge in [0.1, 0.15) is 4.99 Å². The number of thiocarbonyl (C=S) groups is 1. The van der Waals surface area contributed by atoms with E-state index in [-0.39, 0.29) is 10.7 Å². The van der Waals surface area contributed by atoms with Crippen LogP contribution in [0.3, 0.4) is 0 Å². The zero-order valence-corrected chi connectivity index (χ0v) is 4.53. The minimum atomic E-state index is 0.141. The molecule has 40 valence electrons. The molecule has 3 nitrogen and oxygen atoms in total. The summed E-state index contributed by atoms with van der Waals surface area (Å²) < 4.78 is 0. The number of hydrogen-bond donors (Lipinski definition) is 3. The predicted octanol–water partition coefficient (Wildman–Crippen LogP) is -0.969. The minimum Gasteiger partial charge on any atom is -0.403 e. The summed E-state index contributed by atoms with van der Waals surface area (Å²) in [7, 11) is 0. The van der Waals surface area contributed by atoms with Crippen LogP contribution in [0.4, 0.5) is 0 Å². The van der Waals surface area contributed by atoms with Crippen molar-refractivity contribution in [2.45, 2.75) is 0 Å². The highest BCUT2D eigenvalue weighted by Gasteiger charge is 1.86. The highest BCUT2D eigenvalue weighted by atomic mass is 32.1. The van der Waals surface area contributed by atoms with Gasteiger partial charge in [-0.05, 0) is 0 Å². The molecule has 0 aromatic rings. The number of hydrogen-bond acceptors (Lipinski definition) is 3. The molecule has 0 spiro atoms. The molecule has 0 saturated heterocycles. The molecule has 0 amide bonds. The van der Waals surface area contributed by atoms with Gasteiger partial charge in [0.15, 0.2) is 0 Å². The molecule has 4 heteroatoms. The van der Waals surface area contributed by atoms with Gasteiger partial charge < -0.3 is 17.2 Å². The normalized spacial score (nSPS) is 11.1. The van der Waals surface area contributed by atoms with Gasteiger partial charge >= 0.3 is 0 Å². The smallest absolute Gasteiger partial charge is 0.121 e. The fourth-order valence-electron chi connectivity index (χ4n) is 0.0821. The van der Waals surface area contributed by atoms with Crippen molar-refractivity contribution in [3.05, 3.63) is 11.9 Å². The Bertz CT molecular complexity index is 107. The second-order valence-corrected chi connectivity index (χ2v) is 1.43. The second-order valence-electron chi connectivity index (χ2n) is 0.986. The van der Waals surface area contributed by atoms with E-state index in [9.17, 15) is 0 Å². The third kappa shape index (κ3) is 1.99. The van der Waals surface area contributed by atoms with Crippen LogP contribution < -0.4 is 17.2 Å². The highest BCUT2D eigenvalue weighted by molar-refractivity contribution is 7.80. The van der Waals surface area contributed by atoms with Crippen molar-refractivity contribution >= 4 is 17.2 Å². The maximum atomic E-state index is 5.09. The molecule has 0 unspecified atom stereocenters. The molecular weight excluding hydrogens is 110 g/mol. The van der Waals surface area contributed by atoms with Gasteiger partial charge in [-0.1, -0.05) is 12.2 Å². The number of rotatable bonds is 1. The van der Waals surface area contributed by atoms with Crippen LogP contribution in [0.1, 0.15) is 0 Å². The van der Waals surface area contributed by atoms with Crippen molar-refractivity contribution in [1.82, 2.24) is 0 Å². The zero-order chi connectivity index (χ0) is 5.86. The highest BCUT2D eigenvalue weighted by Crippen LogP contribution is 1.75. The lowest BCUT2D eigenvalue weighted by Crippen LogP contribution is -2.18. The molecule has 0 fully saturated rings.